The van der Waals surface area contributed by atoms with E-state index < -0.39 is 5.97 Å². The summed E-state index contributed by atoms with van der Waals surface area (Å²) in [6, 6.07) is 13.4. The van der Waals surface area contributed by atoms with Crippen LogP contribution >= 0.6 is 0 Å². The predicted molar refractivity (Wildman–Crippen MR) is 85.2 cm³/mol. The van der Waals surface area contributed by atoms with E-state index in [2.05, 4.69) is 0 Å². The van der Waals surface area contributed by atoms with E-state index in [1.54, 1.807) is 25.3 Å². The molecule has 0 atom stereocenters. The number of carboxylic acids is 1. The summed E-state index contributed by atoms with van der Waals surface area (Å²) in [6.45, 7) is 2.41. The van der Waals surface area contributed by atoms with E-state index >= 15 is 0 Å². The molecular weight excluding hydrogens is 280 g/mol. The van der Waals surface area contributed by atoms with Gasteiger partial charge in [0.05, 0.1) is 7.11 Å². The van der Waals surface area contributed by atoms with Gasteiger partial charge in [-0.05, 0) is 24.6 Å². The second-order valence-corrected chi connectivity index (χ2v) is 4.82. The molecule has 0 saturated carbocycles. The first-order valence-corrected chi connectivity index (χ1v) is 6.86. The first kappa shape index (κ1) is 15.6. The largest absolute Gasteiger partial charge is 0.493 e. The SMILES string of the molecule is COc1cccc(C=CC(=O)O)c1OCc1ccc(C)cc1. The van der Waals surface area contributed by atoms with Crippen molar-refractivity contribution in [3.05, 3.63) is 65.2 Å². The van der Waals surface area contributed by atoms with Crippen LogP contribution in [0.15, 0.2) is 48.5 Å². The molecule has 0 heterocycles. The summed E-state index contributed by atoms with van der Waals surface area (Å²) in [6.07, 6.45) is 2.57. The Morgan fingerprint density at radius 3 is 2.55 bits per heavy atom. The van der Waals surface area contributed by atoms with Crippen LogP contribution < -0.4 is 9.47 Å². The number of aryl methyl sites for hydroxylation is 1. The summed E-state index contributed by atoms with van der Waals surface area (Å²) in [5.74, 6) is 0.0926. The topological polar surface area (TPSA) is 55.8 Å². The Bertz CT molecular complexity index is 672. The molecule has 0 aromatic heterocycles. The third kappa shape index (κ3) is 4.12. The van der Waals surface area contributed by atoms with E-state index in [-0.39, 0.29) is 0 Å². The number of carboxylic acid groups (broad SMARTS) is 1. The van der Waals surface area contributed by atoms with Crippen molar-refractivity contribution in [1.29, 1.82) is 0 Å². The Morgan fingerprint density at radius 2 is 1.91 bits per heavy atom. The van der Waals surface area contributed by atoms with Crippen molar-refractivity contribution in [2.45, 2.75) is 13.5 Å². The monoisotopic (exact) mass is 298 g/mol. The maximum absolute atomic E-state index is 10.7. The Hall–Kier alpha value is -2.75. The van der Waals surface area contributed by atoms with E-state index in [1.165, 1.54) is 11.6 Å². The highest BCUT2D eigenvalue weighted by Crippen LogP contribution is 2.32. The Kier molecular flexibility index (Phi) is 5.20. The molecular formula is C18H18O4. The lowest BCUT2D eigenvalue weighted by Gasteiger charge is -2.13. The first-order chi connectivity index (χ1) is 10.6. The number of hydrogen-bond donors (Lipinski definition) is 1. The zero-order valence-electron chi connectivity index (χ0n) is 12.6. The maximum Gasteiger partial charge on any atom is 0.328 e. The van der Waals surface area contributed by atoms with Crippen LogP contribution in [-0.2, 0) is 11.4 Å². The molecule has 4 heteroatoms. The first-order valence-electron chi connectivity index (χ1n) is 6.86. The minimum absolute atomic E-state index is 0.383. The van der Waals surface area contributed by atoms with Crippen LogP contribution in [0.1, 0.15) is 16.7 Å². The van der Waals surface area contributed by atoms with Gasteiger partial charge in [-0.1, -0.05) is 42.0 Å². The molecule has 2 rings (SSSR count). The molecule has 0 fully saturated rings. The zero-order valence-corrected chi connectivity index (χ0v) is 12.6. The average molecular weight is 298 g/mol. The number of carbonyl (C=O) groups is 1. The lowest BCUT2D eigenvalue weighted by atomic mass is 10.1. The second-order valence-electron chi connectivity index (χ2n) is 4.82. The van der Waals surface area contributed by atoms with Gasteiger partial charge in [0.15, 0.2) is 11.5 Å². The molecule has 0 radical (unpaired) electrons. The third-order valence-electron chi connectivity index (χ3n) is 3.14. The van der Waals surface area contributed by atoms with Crippen molar-refractivity contribution in [2.75, 3.05) is 7.11 Å². The van der Waals surface area contributed by atoms with Crippen LogP contribution in [0, 0.1) is 6.92 Å². The molecule has 0 aliphatic heterocycles. The molecule has 0 aliphatic rings. The third-order valence-corrected chi connectivity index (χ3v) is 3.14. The molecule has 22 heavy (non-hydrogen) atoms. The van der Waals surface area contributed by atoms with Crippen molar-refractivity contribution in [3.63, 3.8) is 0 Å². The van der Waals surface area contributed by atoms with Gasteiger partial charge in [-0.2, -0.15) is 0 Å². The van der Waals surface area contributed by atoms with Crippen molar-refractivity contribution >= 4 is 12.0 Å². The number of ether oxygens (including phenoxy) is 2. The van der Waals surface area contributed by atoms with Crippen molar-refractivity contribution in [1.82, 2.24) is 0 Å². The Morgan fingerprint density at radius 1 is 1.18 bits per heavy atom. The van der Waals surface area contributed by atoms with Crippen LogP contribution in [0.2, 0.25) is 0 Å². The number of aliphatic carboxylic acids is 1. The number of hydrogen-bond acceptors (Lipinski definition) is 3. The van der Waals surface area contributed by atoms with Gasteiger partial charge in [0, 0.05) is 11.6 Å². The zero-order chi connectivity index (χ0) is 15.9. The van der Waals surface area contributed by atoms with Gasteiger partial charge in [0.2, 0.25) is 0 Å². The smallest absolute Gasteiger partial charge is 0.328 e. The standard InChI is InChI=1S/C18H18O4/c1-13-6-8-14(9-7-13)12-22-18-15(10-11-17(19)20)4-3-5-16(18)21-2/h3-11H,12H2,1-2H3,(H,19,20). The average Bonchev–Trinajstić information content (AvgIpc) is 2.52. The molecule has 114 valence electrons. The van der Waals surface area contributed by atoms with Crippen LogP contribution in [-0.4, -0.2) is 18.2 Å². The quantitative estimate of drug-likeness (QED) is 0.827. The molecule has 0 saturated heterocycles. The van der Waals surface area contributed by atoms with Crippen LogP contribution in [0.5, 0.6) is 11.5 Å². The summed E-state index contributed by atoms with van der Waals surface area (Å²) >= 11 is 0. The summed E-state index contributed by atoms with van der Waals surface area (Å²) in [7, 11) is 1.55. The highest BCUT2D eigenvalue weighted by atomic mass is 16.5. The molecule has 0 aliphatic carbocycles. The van der Waals surface area contributed by atoms with Crippen LogP contribution in [0.3, 0.4) is 0 Å². The van der Waals surface area contributed by atoms with Gasteiger partial charge in [-0.3, -0.25) is 0 Å². The van der Waals surface area contributed by atoms with E-state index in [0.29, 0.717) is 23.7 Å². The molecule has 4 nitrogen and oxygen atoms in total. The highest BCUT2D eigenvalue weighted by Gasteiger charge is 2.09. The van der Waals surface area contributed by atoms with Crippen LogP contribution in [0.4, 0.5) is 0 Å². The van der Waals surface area contributed by atoms with Gasteiger partial charge in [0.25, 0.3) is 0 Å². The second kappa shape index (κ2) is 7.31. The van der Waals surface area contributed by atoms with Gasteiger partial charge < -0.3 is 14.6 Å². The van der Waals surface area contributed by atoms with E-state index in [9.17, 15) is 4.79 Å². The number of para-hydroxylation sites is 1. The maximum atomic E-state index is 10.7. The fraction of sp³-hybridized carbons (Fsp3) is 0.167. The molecule has 0 bridgehead atoms. The van der Waals surface area contributed by atoms with Gasteiger partial charge in [-0.15, -0.1) is 0 Å². The fourth-order valence-corrected chi connectivity index (χ4v) is 1.98. The number of benzene rings is 2. The summed E-state index contributed by atoms with van der Waals surface area (Å²) in [5, 5.41) is 8.77. The fourth-order valence-electron chi connectivity index (χ4n) is 1.98. The lowest BCUT2D eigenvalue weighted by molar-refractivity contribution is -0.131. The molecule has 2 aromatic carbocycles. The minimum Gasteiger partial charge on any atom is -0.493 e. The van der Waals surface area contributed by atoms with Gasteiger partial charge in [-0.25, -0.2) is 4.79 Å². The molecule has 0 spiro atoms. The Balaban J connectivity index is 2.23. The molecule has 0 unspecified atom stereocenters. The molecule has 1 N–H and O–H groups in total. The van der Waals surface area contributed by atoms with E-state index in [4.69, 9.17) is 14.6 Å². The van der Waals surface area contributed by atoms with E-state index in [0.717, 1.165) is 11.6 Å². The Labute approximate surface area is 129 Å². The van der Waals surface area contributed by atoms with E-state index in [1.807, 2.05) is 31.2 Å². The molecule has 0 amide bonds. The van der Waals surface area contributed by atoms with Gasteiger partial charge >= 0.3 is 5.97 Å². The highest BCUT2D eigenvalue weighted by molar-refractivity contribution is 5.86. The lowest BCUT2D eigenvalue weighted by Crippen LogP contribution is -1.99. The number of methoxy groups -OCH3 is 1. The number of rotatable bonds is 6. The van der Waals surface area contributed by atoms with Crippen LogP contribution in [0.25, 0.3) is 6.08 Å². The molecule has 2 aromatic rings. The minimum atomic E-state index is -1.01. The van der Waals surface area contributed by atoms with Crippen molar-refractivity contribution in [2.24, 2.45) is 0 Å². The van der Waals surface area contributed by atoms with Gasteiger partial charge in [0.1, 0.15) is 6.61 Å². The predicted octanol–water partition coefficient (Wildman–Crippen LogP) is 3.68. The summed E-state index contributed by atoms with van der Waals surface area (Å²) in [5.41, 5.74) is 2.88. The summed E-state index contributed by atoms with van der Waals surface area (Å²) < 4.78 is 11.1. The van der Waals surface area contributed by atoms with Crippen molar-refractivity contribution < 1.29 is 19.4 Å². The summed E-state index contributed by atoms with van der Waals surface area (Å²) in [4.78, 5) is 10.7. The van der Waals surface area contributed by atoms with Crippen molar-refractivity contribution in [3.8, 4) is 11.5 Å². The normalized spacial score (nSPS) is 10.6.